The minimum Gasteiger partial charge on any atom is -0.392 e. The minimum atomic E-state index is -0.359. The number of hydrogen-bond donors (Lipinski definition) is 2. The summed E-state index contributed by atoms with van der Waals surface area (Å²) in [6.45, 7) is 10.4. The van der Waals surface area contributed by atoms with Gasteiger partial charge < -0.3 is 10.4 Å². The summed E-state index contributed by atoms with van der Waals surface area (Å²) in [4.78, 5) is 14.1. The van der Waals surface area contributed by atoms with E-state index in [4.69, 9.17) is 0 Å². The molecule has 0 bridgehead atoms. The lowest BCUT2D eigenvalue weighted by Crippen LogP contribution is -2.50. The van der Waals surface area contributed by atoms with Gasteiger partial charge in [-0.2, -0.15) is 0 Å². The fourth-order valence-corrected chi connectivity index (χ4v) is 2.58. The molecule has 4 nitrogen and oxygen atoms in total. The molecule has 0 saturated carbocycles. The van der Waals surface area contributed by atoms with Crippen molar-refractivity contribution in [3.8, 4) is 0 Å². The van der Waals surface area contributed by atoms with Gasteiger partial charge in [-0.25, -0.2) is 0 Å². The van der Waals surface area contributed by atoms with E-state index in [1.54, 1.807) is 0 Å². The Morgan fingerprint density at radius 3 is 2.68 bits per heavy atom. The minimum absolute atomic E-state index is 0.0804. The number of hydrogen-bond acceptors (Lipinski definition) is 3. The van der Waals surface area contributed by atoms with Gasteiger partial charge in [0.2, 0.25) is 5.91 Å². The molecular formula is C15H30N2O2. The number of nitrogens with zero attached hydrogens (tertiary/aromatic N) is 1. The van der Waals surface area contributed by atoms with Crippen molar-refractivity contribution in [2.75, 3.05) is 19.6 Å². The maximum atomic E-state index is 11.9. The predicted octanol–water partition coefficient (Wildman–Crippen LogP) is 1.77. The van der Waals surface area contributed by atoms with Crippen LogP contribution in [-0.2, 0) is 4.79 Å². The van der Waals surface area contributed by atoms with Crippen LogP contribution in [0.4, 0.5) is 0 Å². The highest BCUT2D eigenvalue weighted by Gasteiger charge is 2.27. The second kappa shape index (κ2) is 7.25. The van der Waals surface area contributed by atoms with Gasteiger partial charge in [0.25, 0.3) is 0 Å². The van der Waals surface area contributed by atoms with Crippen molar-refractivity contribution in [1.29, 1.82) is 0 Å². The molecule has 1 fully saturated rings. The van der Waals surface area contributed by atoms with Gasteiger partial charge in [0, 0.05) is 12.6 Å². The molecule has 1 aliphatic rings. The number of carbonyl (C=O) groups excluding carboxylic acids is 1. The maximum absolute atomic E-state index is 11.9. The zero-order valence-electron chi connectivity index (χ0n) is 12.9. The summed E-state index contributed by atoms with van der Waals surface area (Å²) in [5.74, 6) is 0.0804. The van der Waals surface area contributed by atoms with Crippen LogP contribution in [0.2, 0.25) is 0 Å². The van der Waals surface area contributed by atoms with E-state index in [-0.39, 0.29) is 23.5 Å². The monoisotopic (exact) mass is 270 g/mol. The number of amides is 1. The largest absolute Gasteiger partial charge is 0.392 e. The smallest absolute Gasteiger partial charge is 0.234 e. The number of aliphatic hydroxyl groups is 1. The molecule has 0 aromatic heterocycles. The Bertz CT molecular complexity index is 284. The van der Waals surface area contributed by atoms with Crippen LogP contribution in [-0.4, -0.2) is 47.7 Å². The first-order valence-electron chi connectivity index (χ1n) is 7.48. The summed E-state index contributed by atoms with van der Waals surface area (Å²) >= 11 is 0. The Labute approximate surface area is 117 Å². The molecule has 0 aromatic rings. The number of likely N-dealkylation sites (tertiary alicyclic amines) is 1. The summed E-state index contributed by atoms with van der Waals surface area (Å²) < 4.78 is 0. The van der Waals surface area contributed by atoms with E-state index in [9.17, 15) is 9.90 Å². The van der Waals surface area contributed by atoms with Crippen molar-refractivity contribution in [1.82, 2.24) is 10.2 Å². The van der Waals surface area contributed by atoms with E-state index in [1.807, 2.05) is 6.92 Å². The molecule has 2 unspecified atom stereocenters. The van der Waals surface area contributed by atoms with Gasteiger partial charge in [0.05, 0.1) is 12.6 Å². The molecule has 0 aromatic carbocycles. The first-order valence-corrected chi connectivity index (χ1v) is 7.48. The lowest BCUT2D eigenvalue weighted by Gasteiger charge is -2.36. The number of rotatable bonds is 5. The van der Waals surface area contributed by atoms with E-state index in [0.717, 1.165) is 38.8 Å². The Morgan fingerprint density at radius 2 is 2.11 bits per heavy atom. The molecule has 19 heavy (non-hydrogen) atoms. The van der Waals surface area contributed by atoms with Crippen LogP contribution in [0.25, 0.3) is 0 Å². The Hall–Kier alpha value is -0.610. The highest BCUT2D eigenvalue weighted by Crippen LogP contribution is 2.19. The molecule has 2 N–H and O–H groups in total. The lowest BCUT2D eigenvalue weighted by molar-refractivity contribution is -0.123. The van der Waals surface area contributed by atoms with Crippen LogP contribution < -0.4 is 5.32 Å². The van der Waals surface area contributed by atoms with Crippen molar-refractivity contribution < 1.29 is 9.90 Å². The van der Waals surface area contributed by atoms with Crippen molar-refractivity contribution >= 4 is 5.91 Å². The Morgan fingerprint density at radius 1 is 1.42 bits per heavy atom. The second-order valence-corrected chi connectivity index (χ2v) is 6.93. The van der Waals surface area contributed by atoms with E-state index in [0.29, 0.717) is 6.54 Å². The molecule has 4 heteroatoms. The van der Waals surface area contributed by atoms with Gasteiger partial charge >= 0.3 is 0 Å². The third kappa shape index (κ3) is 6.39. The Balaban J connectivity index is 2.33. The summed E-state index contributed by atoms with van der Waals surface area (Å²) in [5.41, 5.74) is 0.251. The standard InChI is InChI=1S/C15H30N2O2/c1-12(18)13-7-5-6-10-17(13)11-14(19)16-9-8-15(2,3)4/h12-13,18H,5-11H2,1-4H3,(H,16,19). The number of piperidine rings is 1. The van der Waals surface area contributed by atoms with Gasteiger partial charge in [0.1, 0.15) is 0 Å². The normalized spacial score (nSPS) is 23.1. The summed E-state index contributed by atoms with van der Waals surface area (Å²) in [5, 5.41) is 12.8. The number of nitrogens with one attached hydrogen (secondary N) is 1. The highest BCUT2D eigenvalue weighted by atomic mass is 16.3. The average molecular weight is 270 g/mol. The van der Waals surface area contributed by atoms with E-state index < -0.39 is 0 Å². The number of aliphatic hydroxyl groups excluding tert-OH is 1. The van der Waals surface area contributed by atoms with Crippen LogP contribution in [0, 0.1) is 5.41 Å². The quantitative estimate of drug-likeness (QED) is 0.800. The fraction of sp³-hybridized carbons (Fsp3) is 0.933. The maximum Gasteiger partial charge on any atom is 0.234 e. The molecule has 0 radical (unpaired) electrons. The van der Waals surface area contributed by atoms with E-state index >= 15 is 0 Å². The van der Waals surface area contributed by atoms with Crippen molar-refractivity contribution in [2.45, 2.75) is 65.5 Å². The van der Waals surface area contributed by atoms with Gasteiger partial charge in [0.15, 0.2) is 0 Å². The molecule has 112 valence electrons. The van der Waals surface area contributed by atoms with Crippen molar-refractivity contribution in [3.63, 3.8) is 0 Å². The van der Waals surface area contributed by atoms with Gasteiger partial charge in [-0.15, -0.1) is 0 Å². The average Bonchev–Trinajstić information content (AvgIpc) is 2.27. The Kier molecular flexibility index (Phi) is 6.27. The SMILES string of the molecule is CC(O)C1CCCCN1CC(=O)NCCC(C)(C)C. The van der Waals surface area contributed by atoms with Crippen LogP contribution in [0.5, 0.6) is 0 Å². The molecule has 0 aliphatic carbocycles. The first-order chi connectivity index (χ1) is 8.79. The fourth-order valence-electron chi connectivity index (χ4n) is 2.58. The third-order valence-corrected chi connectivity index (χ3v) is 3.76. The van der Waals surface area contributed by atoms with Gasteiger partial charge in [-0.3, -0.25) is 9.69 Å². The zero-order chi connectivity index (χ0) is 14.5. The summed E-state index contributed by atoms with van der Waals surface area (Å²) in [6, 6.07) is 0.141. The van der Waals surface area contributed by atoms with Crippen molar-refractivity contribution in [2.24, 2.45) is 5.41 Å². The third-order valence-electron chi connectivity index (χ3n) is 3.76. The van der Waals surface area contributed by atoms with Crippen LogP contribution in [0.3, 0.4) is 0 Å². The van der Waals surface area contributed by atoms with Crippen molar-refractivity contribution in [3.05, 3.63) is 0 Å². The van der Waals surface area contributed by atoms with Gasteiger partial charge in [-0.1, -0.05) is 27.2 Å². The molecule has 1 rings (SSSR count). The van der Waals surface area contributed by atoms with Crippen LogP contribution >= 0.6 is 0 Å². The van der Waals surface area contributed by atoms with E-state index in [1.165, 1.54) is 0 Å². The second-order valence-electron chi connectivity index (χ2n) is 6.93. The predicted molar refractivity (Wildman–Crippen MR) is 78.0 cm³/mol. The molecule has 1 saturated heterocycles. The lowest BCUT2D eigenvalue weighted by atomic mass is 9.92. The van der Waals surface area contributed by atoms with Crippen LogP contribution in [0.1, 0.15) is 53.4 Å². The molecule has 0 spiro atoms. The van der Waals surface area contributed by atoms with E-state index in [2.05, 4.69) is 31.0 Å². The van der Waals surface area contributed by atoms with Gasteiger partial charge in [-0.05, 0) is 38.1 Å². The topological polar surface area (TPSA) is 52.6 Å². The molecule has 1 amide bonds. The van der Waals surface area contributed by atoms with Crippen LogP contribution in [0.15, 0.2) is 0 Å². The first kappa shape index (κ1) is 16.4. The molecule has 1 heterocycles. The highest BCUT2D eigenvalue weighted by molar-refractivity contribution is 5.78. The molecule has 1 aliphatic heterocycles. The molecule has 2 atom stereocenters. The number of carbonyl (C=O) groups is 1. The summed E-state index contributed by atoms with van der Waals surface area (Å²) in [6.07, 6.45) is 3.89. The zero-order valence-corrected chi connectivity index (χ0v) is 12.9. The molecular weight excluding hydrogens is 240 g/mol. The summed E-state index contributed by atoms with van der Waals surface area (Å²) in [7, 11) is 0.